The lowest BCUT2D eigenvalue weighted by molar-refractivity contribution is -0.120. The maximum atomic E-state index is 13.6. The molecule has 3 heterocycles. The molecular formula is C18H15FN6O2. The number of rotatable bonds is 2. The van der Waals surface area contributed by atoms with Crippen LogP contribution in [0.25, 0.3) is 28.1 Å². The Morgan fingerprint density at radius 1 is 1.15 bits per heavy atom. The summed E-state index contributed by atoms with van der Waals surface area (Å²) in [6.07, 6.45) is 5.23. The molecule has 0 radical (unpaired) electrons. The van der Waals surface area contributed by atoms with Gasteiger partial charge in [-0.3, -0.25) is 13.9 Å². The number of carbonyl (C=O) groups is 1. The zero-order chi connectivity index (χ0) is 18.5. The molecule has 1 aliphatic carbocycles. The molecule has 0 atom stereocenters. The molecule has 5 rings (SSSR count). The summed E-state index contributed by atoms with van der Waals surface area (Å²) < 4.78 is 16.8. The van der Waals surface area contributed by atoms with Crippen molar-refractivity contribution >= 4 is 28.0 Å². The summed E-state index contributed by atoms with van der Waals surface area (Å²) in [6, 6.07) is 4.22. The monoisotopic (exact) mass is 366 g/mol. The second kappa shape index (κ2) is 5.83. The van der Waals surface area contributed by atoms with Crippen molar-refractivity contribution in [2.75, 3.05) is 0 Å². The zero-order valence-corrected chi connectivity index (χ0v) is 14.2. The van der Waals surface area contributed by atoms with E-state index >= 15 is 0 Å². The van der Waals surface area contributed by atoms with Gasteiger partial charge in [0.15, 0.2) is 5.65 Å². The Labute approximate surface area is 151 Å². The predicted octanol–water partition coefficient (Wildman–Crippen LogP) is 2.28. The van der Waals surface area contributed by atoms with Crippen molar-refractivity contribution in [3.05, 3.63) is 47.0 Å². The summed E-state index contributed by atoms with van der Waals surface area (Å²) in [6.45, 7) is 0. The molecule has 9 heteroatoms. The summed E-state index contributed by atoms with van der Waals surface area (Å²) in [7, 11) is 0. The third-order valence-corrected chi connectivity index (χ3v) is 5.05. The first kappa shape index (κ1) is 15.9. The summed E-state index contributed by atoms with van der Waals surface area (Å²) in [4.78, 5) is 39.8. The minimum absolute atomic E-state index is 0.0799. The number of nitrogens with zero attached hydrogens (tertiary/aromatic N) is 5. The number of halogens is 1. The number of nitrogens with one attached hydrogen (secondary N) is 1. The van der Waals surface area contributed by atoms with E-state index < -0.39 is 0 Å². The Hall–Kier alpha value is -3.36. The van der Waals surface area contributed by atoms with Crippen LogP contribution in [0.1, 0.15) is 31.7 Å². The average Bonchev–Trinajstić information content (AvgIpc) is 3.22. The molecule has 0 spiro atoms. The molecule has 1 N–H and O–H groups in total. The number of H-pyrrole nitrogens is 1. The van der Waals surface area contributed by atoms with Crippen LogP contribution in [0.2, 0.25) is 0 Å². The molecule has 4 aromatic rings. The standard InChI is InChI=1S/C18H15FN6O2/c19-10-1-6-13-15(7-10)24(9-21-13)17-20-8-14-16(23-17)25(18(27)22-14)11-2-4-12(26)5-3-11/h1,6-9,11H,2-5H2,(H,22,27). The molecule has 0 saturated heterocycles. The van der Waals surface area contributed by atoms with Crippen molar-refractivity contribution in [3.8, 4) is 5.95 Å². The molecule has 0 bridgehead atoms. The van der Waals surface area contributed by atoms with E-state index in [1.54, 1.807) is 15.2 Å². The topological polar surface area (TPSA) is 98.5 Å². The Bertz CT molecular complexity index is 1240. The highest BCUT2D eigenvalue weighted by atomic mass is 19.1. The quantitative estimate of drug-likeness (QED) is 0.587. The van der Waals surface area contributed by atoms with Crippen LogP contribution < -0.4 is 5.69 Å². The van der Waals surface area contributed by atoms with Gasteiger partial charge in [-0.1, -0.05) is 0 Å². The molecule has 1 saturated carbocycles. The molecule has 8 nitrogen and oxygen atoms in total. The highest BCUT2D eigenvalue weighted by Crippen LogP contribution is 2.27. The van der Waals surface area contributed by atoms with Crippen molar-refractivity contribution in [1.82, 2.24) is 29.1 Å². The van der Waals surface area contributed by atoms with E-state index in [2.05, 4.69) is 19.9 Å². The smallest absolute Gasteiger partial charge is 0.303 e. The Morgan fingerprint density at radius 2 is 1.96 bits per heavy atom. The molecule has 1 aromatic carbocycles. The summed E-state index contributed by atoms with van der Waals surface area (Å²) in [5.74, 6) is 0.146. The summed E-state index contributed by atoms with van der Waals surface area (Å²) in [5.41, 5.74) is 1.90. The lowest BCUT2D eigenvalue weighted by Crippen LogP contribution is -2.26. The molecule has 136 valence electrons. The second-order valence-corrected chi connectivity index (χ2v) is 6.72. The third-order valence-electron chi connectivity index (χ3n) is 5.05. The number of carbonyl (C=O) groups excluding carboxylic acids is 1. The van der Waals surface area contributed by atoms with Crippen LogP contribution in [-0.2, 0) is 4.79 Å². The molecule has 0 unspecified atom stereocenters. The fraction of sp³-hybridized carbons (Fsp3) is 0.278. The van der Waals surface area contributed by atoms with E-state index in [1.807, 2.05) is 0 Å². The Kier molecular flexibility index (Phi) is 3.43. The van der Waals surface area contributed by atoms with E-state index in [1.165, 1.54) is 24.7 Å². The number of hydrogen-bond acceptors (Lipinski definition) is 5. The van der Waals surface area contributed by atoms with Gasteiger partial charge in [0.05, 0.1) is 17.2 Å². The van der Waals surface area contributed by atoms with Gasteiger partial charge < -0.3 is 4.98 Å². The van der Waals surface area contributed by atoms with Gasteiger partial charge in [-0.05, 0) is 25.0 Å². The van der Waals surface area contributed by atoms with Gasteiger partial charge in [-0.15, -0.1) is 0 Å². The number of benzene rings is 1. The normalized spacial score (nSPS) is 15.8. The minimum atomic E-state index is -0.379. The predicted molar refractivity (Wildman–Crippen MR) is 95.2 cm³/mol. The average molecular weight is 366 g/mol. The highest BCUT2D eigenvalue weighted by molar-refractivity contribution is 5.79. The van der Waals surface area contributed by atoms with Gasteiger partial charge in [-0.25, -0.2) is 19.2 Å². The van der Waals surface area contributed by atoms with Crippen molar-refractivity contribution in [2.45, 2.75) is 31.7 Å². The number of ketones is 1. The zero-order valence-electron chi connectivity index (χ0n) is 14.2. The van der Waals surface area contributed by atoms with E-state index in [9.17, 15) is 14.0 Å². The van der Waals surface area contributed by atoms with Crippen LogP contribution in [0.4, 0.5) is 4.39 Å². The van der Waals surface area contributed by atoms with Crippen LogP contribution in [-0.4, -0.2) is 34.9 Å². The van der Waals surface area contributed by atoms with Gasteiger partial charge in [0.2, 0.25) is 5.95 Å². The number of aromatic amines is 1. The van der Waals surface area contributed by atoms with Gasteiger partial charge in [0.25, 0.3) is 0 Å². The SMILES string of the molecule is O=C1CCC(n2c(=O)[nH]c3cnc(-n4cnc5ccc(F)cc54)nc32)CC1. The van der Waals surface area contributed by atoms with E-state index in [0.29, 0.717) is 53.8 Å². The van der Waals surface area contributed by atoms with Crippen LogP contribution >= 0.6 is 0 Å². The van der Waals surface area contributed by atoms with Gasteiger partial charge in [0.1, 0.15) is 23.4 Å². The number of Topliss-reactive ketones (excluding diaryl/α,β-unsaturated/α-hetero) is 1. The second-order valence-electron chi connectivity index (χ2n) is 6.72. The van der Waals surface area contributed by atoms with Crippen LogP contribution in [0.15, 0.2) is 35.5 Å². The van der Waals surface area contributed by atoms with E-state index in [4.69, 9.17) is 0 Å². The first-order valence-corrected chi connectivity index (χ1v) is 8.72. The van der Waals surface area contributed by atoms with E-state index in [0.717, 1.165) is 0 Å². The van der Waals surface area contributed by atoms with Crippen LogP contribution in [0.5, 0.6) is 0 Å². The molecule has 1 aliphatic rings. The third kappa shape index (κ3) is 2.54. The maximum Gasteiger partial charge on any atom is 0.327 e. The largest absolute Gasteiger partial charge is 0.327 e. The molecular weight excluding hydrogens is 351 g/mol. The van der Waals surface area contributed by atoms with Gasteiger partial charge in [0, 0.05) is 24.9 Å². The summed E-state index contributed by atoms with van der Waals surface area (Å²) in [5, 5.41) is 0. The number of fused-ring (bicyclic) bond motifs is 2. The number of aromatic nitrogens is 6. The maximum absolute atomic E-state index is 13.6. The molecule has 0 aliphatic heterocycles. The molecule has 27 heavy (non-hydrogen) atoms. The van der Waals surface area contributed by atoms with E-state index in [-0.39, 0.29) is 23.3 Å². The fourth-order valence-electron chi connectivity index (χ4n) is 3.69. The van der Waals surface area contributed by atoms with Crippen molar-refractivity contribution in [3.63, 3.8) is 0 Å². The van der Waals surface area contributed by atoms with Crippen molar-refractivity contribution < 1.29 is 9.18 Å². The Morgan fingerprint density at radius 3 is 2.78 bits per heavy atom. The number of imidazole rings is 2. The van der Waals surface area contributed by atoms with Crippen molar-refractivity contribution in [1.29, 1.82) is 0 Å². The molecule has 1 fully saturated rings. The van der Waals surface area contributed by atoms with Crippen LogP contribution in [0, 0.1) is 5.82 Å². The highest BCUT2D eigenvalue weighted by Gasteiger charge is 2.24. The fourth-order valence-corrected chi connectivity index (χ4v) is 3.69. The number of hydrogen-bond donors (Lipinski definition) is 1. The summed E-state index contributed by atoms with van der Waals surface area (Å²) >= 11 is 0. The first-order valence-electron chi connectivity index (χ1n) is 8.72. The van der Waals surface area contributed by atoms with Gasteiger partial charge in [-0.2, -0.15) is 4.98 Å². The first-order chi connectivity index (χ1) is 13.1. The minimum Gasteiger partial charge on any atom is -0.303 e. The molecule has 3 aromatic heterocycles. The van der Waals surface area contributed by atoms with Crippen molar-refractivity contribution in [2.24, 2.45) is 0 Å². The Balaban J connectivity index is 1.66. The van der Waals surface area contributed by atoms with Gasteiger partial charge >= 0.3 is 5.69 Å². The lowest BCUT2D eigenvalue weighted by atomic mass is 9.94. The van der Waals surface area contributed by atoms with Crippen LogP contribution in [0.3, 0.4) is 0 Å². The lowest BCUT2D eigenvalue weighted by Gasteiger charge is -2.21. The molecule has 0 amide bonds.